The number of aromatic amines is 1. The SMILES string of the molecule is CCNC(=S)N(Cc1ccccc1)Cc1cc2ccc(C)cc2[nH]c1=O. The number of aryl methyl sites for hydroxylation is 1. The van der Waals surface area contributed by atoms with E-state index in [0.717, 1.165) is 28.6 Å². The Morgan fingerprint density at radius 3 is 2.62 bits per heavy atom. The molecule has 3 rings (SSSR count). The lowest BCUT2D eigenvalue weighted by Gasteiger charge is -2.25. The van der Waals surface area contributed by atoms with Crippen LogP contribution >= 0.6 is 12.2 Å². The zero-order valence-corrected chi connectivity index (χ0v) is 15.9. The quantitative estimate of drug-likeness (QED) is 0.677. The normalized spacial score (nSPS) is 10.7. The second-order valence-electron chi connectivity index (χ2n) is 6.39. The van der Waals surface area contributed by atoms with Crippen LogP contribution in [-0.2, 0) is 13.1 Å². The van der Waals surface area contributed by atoms with E-state index in [9.17, 15) is 4.79 Å². The number of fused-ring (bicyclic) bond motifs is 1. The Morgan fingerprint density at radius 1 is 1.12 bits per heavy atom. The van der Waals surface area contributed by atoms with E-state index in [0.29, 0.717) is 23.8 Å². The summed E-state index contributed by atoms with van der Waals surface area (Å²) in [7, 11) is 0. The average molecular weight is 366 g/mol. The molecule has 0 bridgehead atoms. The van der Waals surface area contributed by atoms with E-state index in [1.165, 1.54) is 0 Å². The van der Waals surface area contributed by atoms with Gasteiger partial charge in [0, 0.05) is 24.2 Å². The molecule has 0 spiro atoms. The van der Waals surface area contributed by atoms with Crippen LogP contribution in [0, 0.1) is 6.92 Å². The summed E-state index contributed by atoms with van der Waals surface area (Å²) in [5.74, 6) is 0. The molecule has 3 aromatic rings. The molecule has 2 aromatic carbocycles. The minimum absolute atomic E-state index is 0.0690. The molecule has 1 aromatic heterocycles. The lowest BCUT2D eigenvalue weighted by Crippen LogP contribution is -2.39. The van der Waals surface area contributed by atoms with Crippen molar-refractivity contribution in [3.05, 3.63) is 81.6 Å². The summed E-state index contributed by atoms with van der Waals surface area (Å²) in [6, 6.07) is 18.2. The molecule has 134 valence electrons. The van der Waals surface area contributed by atoms with Gasteiger partial charge in [0.2, 0.25) is 0 Å². The van der Waals surface area contributed by atoms with E-state index in [2.05, 4.69) is 28.5 Å². The van der Waals surface area contributed by atoms with Gasteiger partial charge in [-0.1, -0.05) is 42.5 Å². The Balaban J connectivity index is 1.91. The Labute approximate surface area is 158 Å². The van der Waals surface area contributed by atoms with Gasteiger partial charge in [-0.05, 0) is 54.7 Å². The zero-order valence-electron chi connectivity index (χ0n) is 15.1. The van der Waals surface area contributed by atoms with Crippen molar-refractivity contribution in [2.24, 2.45) is 0 Å². The first kappa shape index (κ1) is 18.1. The van der Waals surface area contributed by atoms with Gasteiger partial charge in [0.1, 0.15) is 0 Å². The summed E-state index contributed by atoms with van der Waals surface area (Å²) >= 11 is 5.53. The summed E-state index contributed by atoms with van der Waals surface area (Å²) < 4.78 is 0. The van der Waals surface area contributed by atoms with Gasteiger partial charge in [-0.3, -0.25) is 4.79 Å². The maximum atomic E-state index is 12.6. The molecule has 0 aliphatic heterocycles. The Kier molecular flexibility index (Phi) is 5.68. The number of benzene rings is 2. The van der Waals surface area contributed by atoms with E-state index in [1.54, 1.807) is 0 Å². The molecule has 0 amide bonds. The van der Waals surface area contributed by atoms with Crippen LogP contribution in [0.25, 0.3) is 10.9 Å². The Morgan fingerprint density at radius 2 is 1.88 bits per heavy atom. The molecule has 0 fully saturated rings. The maximum Gasteiger partial charge on any atom is 0.253 e. The van der Waals surface area contributed by atoms with E-state index >= 15 is 0 Å². The Hall–Kier alpha value is -2.66. The number of hydrogen-bond acceptors (Lipinski definition) is 2. The number of H-pyrrole nitrogens is 1. The van der Waals surface area contributed by atoms with Crippen molar-refractivity contribution in [1.82, 2.24) is 15.2 Å². The summed E-state index contributed by atoms with van der Waals surface area (Å²) in [4.78, 5) is 17.6. The highest BCUT2D eigenvalue weighted by molar-refractivity contribution is 7.80. The van der Waals surface area contributed by atoms with E-state index in [-0.39, 0.29) is 5.56 Å². The highest BCUT2D eigenvalue weighted by Crippen LogP contribution is 2.15. The molecule has 5 heteroatoms. The third-order valence-corrected chi connectivity index (χ3v) is 4.67. The zero-order chi connectivity index (χ0) is 18.5. The summed E-state index contributed by atoms with van der Waals surface area (Å²) in [5, 5.41) is 4.87. The minimum Gasteiger partial charge on any atom is -0.363 e. The van der Waals surface area contributed by atoms with Crippen LogP contribution in [0.15, 0.2) is 59.4 Å². The highest BCUT2D eigenvalue weighted by atomic mass is 32.1. The molecule has 0 atom stereocenters. The van der Waals surface area contributed by atoms with Crippen molar-refractivity contribution in [2.75, 3.05) is 6.54 Å². The van der Waals surface area contributed by atoms with Crippen LogP contribution < -0.4 is 10.9 Å². The van der Waals surface area contributed by atoms with Crippen LogP contribution in [0.1, 0.15) is 23.6 Å². The molecule has 0 saturated heterocycles. The van der Waals surface area contributed by atoms with E-state index in [4.69, 9.17) is 12.2 Å². The predicted molar refractivity (Wildman–Crippen MR) is 111 cm³/mol. The molecule has 0 aliphatic carbocycles. The van der Waals surface area contributed by atoms with Crippen LogP contribution in [-0.4, -0.2) is 21.5 Å². The number of hydrogen-bond donors (Lipinski definition) is 2. The number of pyridine rings is 1. The fourth-order valence-electron chi connectivity index (χ4n) is 2.95. The first-order chi connectivity index (χ1) is 12.6. The molecule has 1 heterocycles. The van der Waals surface area contributed by atoms with Crippen molar-refractivity contribution < 1.29 is 0 Å². The smallest absolute Gasteiger partial charge is 0.253 e. The van der Waals surface area contributed by atoms with Crippen molar-refractivity contribution in [3.8, 4) is 0 Å². The van der Waals surface area contributed by atoms with Gasteiger partial charge < -0.3 is 15.2 Å². The van der Waals surface area contributed by atoms with Crippen LogP contribution in [0.4, 0.5) is 0 Å². The molecule has 0 saturated carbocycles. The fourth-order valence-corrected chi connectivity index (χ4v) is 3.22. The van der Waals surface area contributed by atoms with Gasteiger partial charge in [0.05, 0.1) is 6.54 Å². The minimum atomic E-state index is -0.0690. The van der Waals surface area contributed by atoms with Crippen LogP contribution in [0.5, 0.6) is 0 Å². The van der Waals surface area contributed by atoms with Crippen LogP contribution in [0.3, 0.4) is 0 Å². The van der Waals surface area contributed by atoms with Gasteiger partial charge in [-0.15, -0.1) is 0 Å². The largest absolute Gasteiger partial charge is 0.363 e. The van der Waals surface area contributed by atoms with E-state index in [1.807, 2.05) is 55.1 Å². The molecule has 0 aliphatic rings. The lowest BCUT2D eigenvalue weighted by molar-refractivity contribution is 0.398. The lowest BCUT2D eigenvalue weighted by atomic mass is 10.1. The van der Waals surface area contributed by atoms with Gasteiger partial charge >= 0.3 is 0 Å². The topological polar surface area (TPSA) is 48.1 Å². The molecule has 2 N–H and O–H groups in total. The Bertz CT molecular complexity index is 966. The van der Waals surface area contributed by atoms with Crippen molar-refractivity contribution in [3.63, 3.8) is 0 Å². The standard InChI is InChI=1S/C21H23N3OS/c1-3-22-21(26)24(13-16-7-5-4-6-8-16)14-18-12-17-10-9-15(2)11-19(17)23-20(18)25/h4-12H,3,13-14H2,1-2H3,(H,22,26)(H,23,25). The second kappa shape index (κ2) is 8.15. The van der Waals surface area contributed by atoms with Crippen molar-refractivity contribution in [2.45, 2.75) is 26.9 Å². The summed E-state index contributed by atoms with van der Waals surface area (Å²) in [5.41, 5.74) is 3.78. The molecule has 0 unspecified atom stereocenters. The third-order valence-electron chi connectivity index (χ3n) is 4.27. The average Bonchev–Trinajstić information content (AvgIpc) is 2.63. The number of thiocarbonyl (C=S) groups is 1. The number of nitrogens with zero attached hydrogens (tertiary/aromatic N) is 1. The van der Waals surface area contributed by atoms with Gasteiger partial charge in [-0.2, -0.15) is 0 Å². The highest BCUT2D eigenvalue weighted by Gasteiger charge is 2.13. The first-order valence-corrected chi connectivity index (χ1v) is 9.17. The summed E-state index contributed by atoms with van der Waals surface area (Å²) in [6.07, 6.45) is 0. The predicted octanol–water partition coefficient (Wildman–Crippen LogP) is 3.73. The van der Waals surface area contributed by atoms with Crippen molar-refractivity contribution >= 4 is 28.2 Å². The second-order valence-corrected chi connectivity index (χ2v) is 6.78. The third kappa shape index (κ3) is 4.29. The summed E-state index contributed by atoms with van der Waals surface area (Å²) in [6.45, 7) is 5.88. The monoisotopic (exact) mass is 365 g/mol. The molecule has 4 nitrogen and oxygen atoms in total. The first-order valence-electron chi connectivity index (χ1n) is 8.76. The maximum absolute atomic E-state index is 12.6. The molecular formula is C21H23N3OS. The fraction of sp³-hybridized carbons (Fsp3) is 0.238. The van der Waals surface area contributed by atoms with Gasteiger partial charge in [-0.25, -0.2) is 0 Å². The van der Waals surface area contributed by atoms with Crippen LogP contribution in [0.2, 0.25) is 0 Å². The number of aromatic nitrogens is 1. The van der Waals surface area contributed by atoms with Gasteiger partial charge in [0.25, 0.3) is 5.56 Å². The molecule has 26 heavy (non-hydrogen) atoms. The van der Waals surface area contributed by atoms with Crippen molar-refractivity contribution in [1.29, 1.82) is 0 Å². The molecule has 0 radical (unpaired) electrons. The number of rotatable bonds is 5. The van der Waals surface area contributed by atoms with E-state index < -0.39 is 0 Å². The number of nitrogens with one attached hydrogen (secondary N) is 2. The van der Waals surface area contributed by atoms with Gasteiger partial charge in [0.15, 0.2) is 5.11 Å². The molecular weight excluding hydrogens is 342 g/mol.